The molecule has 1 heterocycles. The molecule has 1 saturated carbocycles. The number of rotatable bonds is 3. The summed E-state index contributed by atoms with van der Waals surface area (Å²) in [6.07, 6.45) is -13.4. The minimum Gasteiger partial charge on any atom is -0.530 e. The van der Waals surface area contributed by atoms with Gasteiger partial charge in [0.1, 0.15) is 24.0 Å². The van der Waals surface area contributed by atoms with Crippen molar-refractivity contribution in [1.82, 2.24) is 9.78 Å². The highest BCUT2D eigenvalue weighted by Crippen LogP contribution is 2.71. The molecule has 2 aliphatic rings. The van der Waals surface area contributed by atoms with Gasteiger partial charge in [0.05, 0.1) is 5.56 Å². The van der Waals surface area contributed by atoms with Gasteiger partial charge in [-0.05, 0) is 6.08 Å². The number of nitrogens with zero attached hydrogens (tertiary/aromatic N) is 3. The molecule has 174 valence electrons. The zero-order chi connectivity index (χ0) is 24.5. The van der Waals surface area contributed by atoms with Crippen molar-refractivity contribution in [2.45, 2.75) is 41.0 Å². The summed E-state index contributed by atoms with van der Waals surface area (Å²) >= 11 is 11.5. The van der Waals surface area contributed by atoms with E-state index in [9.17, 15) is 50.3 Å². The predicted molar refractivity (Wildman–Crippen MR) is 90.0 cm³/mol. The zero-order valence-corrected chi connectivity index (χ0v) is 16.5. The number of amides is 1. The number of halogens is 10. The van der Waals surface area contributed by atoms with Crippen molar-refractivity contribution in [2.75, 3.05) is 5.32 Å². The van der Waals surface area contributed by atoms with Crippen LogP contribution in [0.4, 0.5) is 45.7 Å². The number of carbonyl (C=O) groups excluding carboxylic acids is 1. The van der Waals surface area contributed by atoms with Crippen LogP contribution in [0.1, 0.15) is 23.7 Å². The number of carbonyl (C=O) groups is 1. The van der Waals surface area contributed by atoms with Crippen molar-refractivity contribution >= 4 is 35.1 Å². The van der Waals surface area contributed by atoms with Gasteiger partial charge in [-0.3, -0.25) is 0 Å². The van der Waals surface area contributed by atoms with Gasteiger partial charge in [0, 0.05) is 11.5 Å². The maximum atomic E-state index is 14.0. The lowest BCUT2D eigenvalue weighted by Crippen LogP contribution is -2.48. The molecule has 3 rings (SSSR count). The molecule has 3 unspecified atom stereocenters. The molecule has 1 N–H and O–H groups in total. The monoisotopic (exact) mass is 509 g/mol. The Balaban J connectivity index is 2.40. The van der Waals surface area contributed by atoms with Crippen LogP contribution >= 0.6 is 23.2 Å². The summed E-state index contributed by atoms with van der Waals surface area (Å²) in [4.78, 5) is 7.63. The summed E-state index contributed by atoms with van der Waals surface area (Å²) in [5.74, 6) is -6.02. The fourth-order valence-electron chi connectivity index (χ4n) is 3.54. The third-order valence-electron chi connectivity index (χ3n) is 5.07. The maximum absolute atomic E-state index is 14.0. The van der Waals surface area contributed by atoms with Gasteiger partial charge in [0.25, 0.3) is 5.92 Å². The molecule has 1 fully saturated rings. The Hall–Kier alpha value is -2.53. The average molecular weight is 510 g/mol. The molecule has 1 aromatic heterocycles. The Labute approximate surface area is 182 Å². The van der Waals surface area contributed by atoms with E-state index in [2.05, 4.69) is 5.10 Å². The molecular formula is C16H7Cl2F8N4O2-. The topological polar surface area (TPSA) is 93.8 Å². The van der Waals surface area contributed by atoms with Gasteiger partial charge in [-0.1, -0.05) is 23.8 Å². The van der Waals surface area contributed by atoms with E-state index in [0.29, 0.717) is 6.08 Å². The summed E-state index contributed by atoms with van der Waals surface area (Å²) in [6.45, 7) is 0. The lowest BCUT2D eigenvalue weighted by atomic mass is 9.91. The molecule has 0 aliphatic heterocycles. The molecule has 1 amide bonds. The third kappa shape index (κ3) is 3.21. The molecule has 1 aromatic rings. The molecule has 0 spiro atoms. The van der Waals surface area contributed by atoms with Gasteiger partial charge in [-0.15, -0.1) is 11.6 Å². The molecule has 3 atom stereocenters. The largest absolute Gasteiger partial charge is 0.530 e. The smallest absolute Gasteiger partial charge is 0.413 e. The van der Waals surface area contributed by atoms with Crippen molar-refractivity contribution in [3.63, 3.8) is 0 Å². The van der Waals surface area contributed by atoms with E-state index in [-0.39, 0.29) is 4.68 Å². The van der Waals surface area contributed by atoms with Crippen LogP contribution in [0.15, 0.2) is 23.3 Å². The van der Waals surface area contributed by atoms with E-state index < -0.39 is 69.2 Å². The van der Waals surface area contributed by atoms with Gasteiger partial charge >= 0.3 is 12.4 Å². The lowest BCUT2D eigenvalue weighted by molar-refractivity contribution is -0.242. The summed E-state index contributed by atoms with van der Waals surface area (Å²) in [6, 6.07) is -1.38. The fraction of sp³-hybridized carbons (Fsp3) is 0.438. The second-order valence-electron chi connectivity index (χ2n) is 6.90. The first-order valence-corrected chi connectivity index (χ1v) is 8.96. The van der Waals surface area contributed by atoms with Crippen LogP contribution in [0.3, 0.4) is 0 Å². The third-order valence-corrected chi connectivity index (χ3v) is 5.95. The second kappa shape index (κ2) is 6.98. The van der Waals surface area contributed by atoms with Crippen LogP contribution in [-0.2, 0) is 5.41 Å². The standard InChI is InChI=1S/C16H8Cl2F8N4O2/c17-6-2-1-3-13(18,16(24,25)26)9(6)30-10(28-11(31)32)8(7(4-27)29-30)12(15(21,22)23)5-14(12,19)20/h1-3,9,28H,5H2,(H,31,32)/p-1. The number of anilines is 1. The molecular weight excluding hydrogens is 503 g/mol. The van der Waals surface area contributed by atoms with Gasteiger partial charge in [-0.2, -0.15) is 36.7 Å². The van der Waals surface area contributed by atoms with Crippen LogP contribution in [0.25, 0.3) is 0 Å². The average Bonchev–Trinajstić information content (AvgIpc) is 3.04. The Morgan fingerprint density at radius 1 is 1.28 bits per heavy atom. The molecule has 2 aliphatic carbocycles. The van der Waals surface area contributed by atoms with E-state index in [1.165, 1.54) is 5.32 Å². The highest BCUT2D eigenvalue weighted by atomic mass is 35.5. The molecule has 0 bridgehead atoms. The van der Waals surface area contributed by atoms with Crippen LogP contribution in [0, 0.1) is 11.3 Å². The first-order valence-electron chi connectivity index (χ1n) is 8.21. The number of carboxylic acid groups (broad SMARTS) is 1. The summed E-state index contributed by atoms with van der Waals surface area (Å²) < 4.78 is 110. The summed E-state index contributed by atoms with van der Waals surface area (Å²) in [5.41, 5.74) is -7.15. The van der Waals surface area contributed by atoms with Gasteiger partial charge < -0.3 is 15.2 Å². The highest BCUT2D eigenvalue weighted by Gasteiger charge is 2.86. The molecule has 0 radical (unpaired) electrons. The number of aromatic nitrogens is 2. The van der Waals surface area contributed by atoms with E-state index in [0.717, 1.165) is 18.2 Å². The number of nitriles is 1. The number of nitrogens with one attached hydrogen (secondary N) is 1. The fourth-order valence-corrected chi connectivity index (χ4v) is 4.21. The van der Waals surface area contributed by atoms with Crippen LogP contribution in [0.2, 0.25) is 0 Å². The van der Waals surface area contributed by atoms with Gasteiger partial charge in [0.15, 0.2) is 16.0 Å². The number of allylic oxidation sites excluding steroid dienone is 4. The molecule has 16 heteroatoms. The Bertz CT molecular complexity index is 1090. The molecule has 0 aromatic carbocycles. The SMILES string of the molecule is N#Cc1nn(C2C(Cl)=CC=CC2(Cl)C(F)(F)F)c(NC(=O)[O-])c1C1(C(F)(F)F)CC1(F)F. The Kier molecular flexibility index (Phi) is 5.26. The minimum absolute atomic E-state index is 0.0750. The number of hydrogen-bond donors (Lipinski definition) is 1. The Morgan fingerprint density at radius 2 is 1.84 bits per heavy atom. The van der Waals surface area contributed by atoms with E-state index >= 15 is 0 Å². The van der Waals surface area contributed by atoms with Crippen LogP contribution in [0.5, 0.6) is 0 Å². The van der Waals surface area contributed by atoms with Crippen molar-refractivity contribution in [3.8, 4) is 6.07 Å². The Morgan fingerprint density at radius 3 is 2.25 bits per heavy atom. The molecule has 0 saturated heterocycles. The summed E-state index contributed by atoms with van der Waals surface area (Å²) in [5, 5.41) is 24.1. The van der Waals surface area contributed by atoms with Gasteiger partial charge in [0.2, 0.25) is 0 Å². The quantitative estimate of drug-likeness (QED) is 0.489. The highest BCUT2D eigenvalue weighted by molar-refractivity contribution is 6.33. The second-order valence-corrected chi connectivity index (χ2v) is 7.97. The molecule has 32 heavy (non-hydrogen) atoms. The first-order chi connectivity index (χ1) is 14.4. The minimum atomic E-state index is -5.74. The van der Waals surface area contributed by atoms with Crippen molar-refractivity contribution in [2.24, 2.45) is 0 Å². The van der Waals surface area contributed by atoms with Gasteiger partial charge in [-0.25, -0.2) is 13.5 Å². The maximum Gasteiger partial charge on any atom is 0.413 e. The number of alkyl halides is 9. The number of hydrogen-bond acceptors (Lipinski definition) is 4. The first kappa shape index (κ1) is 24.1. The van der Waals surface area contributed by atoms with Crippen LogP contribution < -0.4 is 10.4 Å². The van der Waals surface area contributed by atoms with Crippen molar-refractivity contribution in [1.29, 1.82) is 5.26 Å². The van der Waals surface area contributed by atoms with Crippen molar-refractivity contribution in [3.05, 3.63) is 34.5 Å². The lowest BCUT2D eigenvalue weighted by Gasteiger charge is -2.37. The van der Waals surface area contributed by atoms with E-state index in [1.54, 1.807) is 0 Å². The van der Waals surface area contributed by atoms with Crippen molar-refractivity contribution < 1.29 is 45.0 Å². The van der Waals surface area contributed by atoms with E-state index in [4.69, 9.17) is 23.2 Å². The van der Waals surface area contributed by atoms with E-state index in [1.807, 2.05) is 0 Å². The van der Waals surface area contributed by atoms with Crippen LogP contribution in [-0.4, -0.2) is 39.0 Å². The normalized spacial score (nSPS) is 29.3. The summed E-state index contributed by atoms with van der Waals surface area (Å²) in [7, 11) is 0. The molecule has 6 nitrogen and oxygen atoms in total. The predicted octanol–water partition coefficient (Wildman–Crippen LogP) is 4.12. The zero-order valence-electron chi connectivity index (χ0n) is 15.0.